The Labute approximate surface area is 121 Å². The lowest BCUT2D eigenvalue weighted by Gasteiger charge is -2.18. The van der Waals surface area contributed by atoms with Gasteiger partial charge in [-0.3, -0.25) is 0 Å². The first-order valence-corrected chi connectivity index (χ1v) is 6.80. The van der Waals surface area contributed by atoms with Gasteiger partial charge in [0, 0.05) is 33.3 Å². The molecule has 0 saturated carbocycles. The molecule has 0 radical (unpaired) electrons. The van der Waals surface area contributed by atoms with Crippen molar-refractivity contribution in [3.05, 3.63) is 23.8 Å². The predicted molar refractivity (Wildman–Crippen MR) is 80.6 cm³/mol. The third kappa shape index (κ3) is 5.77. The third-order valence-electron chi connectivity index (χ3n) is 3.05. The van der Waals surface area contributed by atoms with Gasteiger partial charge in [-0.25, -0.2) is 0 Å². The van der Waals surface area contributed by atoms with Gasteiger partial charge >= 0.3 is 0 Å². The minimum atomic E-state index is 0.749. The lowest BCUT2D eigenvalue weighted by Crippen LogP contribution is -2.30. The summed E-state index contributed by atoms with van der Waals surface area (Å²) >= 11 is 0. The molecule has 5 heteroatoms. The Morgan fingerprint density at radius 3 is 2.45 bits per heavy atom. The second-order valence-electron chi connectivity index (χ2n) is 4.67. The Hall–Kier alpha value is -1.30. The van der Waals surface area contributed by atoms with Crippen LogP contribution in [-0.4, -0.2) is 59.5 Å². The molecule has 0 aliphatic carbocycles. The lowest BCUT2D eigenvalue weighted by atomic mass is 10.2. The molecule has 0 bridgehead atoms. The highest BCUT2D eigenvalue weighted by Crippen LogP contribution is 2.27. The molecular weight excluding hydrogens is 256 g/mol. The largest absolute Gasteiger partial charge is 0.493 e. The van der Waals surface area contributed by atoms with E-state index in [9.17, 15) is 0 Å². The van der Waals surface area contributed by atoms with E-state index in [1.807, 2.05) is 12.1 Å². The molecule has 0 heterocycles. The van der Waals surface area contributed by atoms with Gasteiger partial charge in [0.15, 0.2) is 11.5 Å². The monoisotopic (exact) mass is 282 g/mol. The minimum Gasteiger partial charge on any atom is -0.493 e. The number of likely N-dealkylation sites (N-methyl/N-ethyl adjacent to an activating group) is 1. The Kier molecular flexibility index (Phi) is 8.02. The van der Waals surface area contributed by atoms with Crippen LogP contribution < -0.4 is 14.8 Å². The van der Waals surface area contributed by atoms with Gasteiger partial charge in [-0.2, -0.15) is 0 Å². The van der Waals surface area contributed by atoms with Crippen LogP contribution in [0, 0.1) is 0 Å². The van der Waals surface area contributed by atoms with E-state index in [1.165, 1.54) is 5.56 Å². The van der Waals surface area contributed by atoms with Gasteiger partial charge in [0.05, 0.1) is 20.8 Å². The number of ether oxygens (including phenoxy) is 3. The Bertz CT molecular complexity index is 385. The molecule has 0 aromatic heterocycles. The molecule has 1 aromatic rings. The molecule has 0 unspecified atom stereocenters. The summed E-state index contributed by atoms with van der Waals surface area (Å²) in [5.74, 6) is 1.54. The molecule has 0 amide bonds. The second-order valence-corrected chi connectivity index (χ2v) is 4.67. The van der Waals surface area contributed by atoms with Crippen LogP contribution in [-0.2, 0) is 11.3 Å². The molecule has 0 aliphatic rings. The van der Waals surface area contributed by atoms with E-state index in [2.05, 4.69) is 23.3 Å². The normalized spacial score (nSPS) is 10.8. The van der Waals surface area contributed by atoms with Crippen LogP contribution >= 0.6 is 0 Å². The fraction of sp³-hybridized carbons (Fsp3) is 0.600. The summed E-state index contributed by atoms with van der Waals surface area (Å²) in [5, 5.41) is 3.33. The summed E-state index contributed by atoms with van der Waals surface area (Å²) in [6.07, 6.45) is 0. The Morgan fingerprint density at radius 1 is 1.05 bits per heavy atom. The Balaban J connectivity index is 2.39. The number of rotatable bonds is 10. The summed E-state index contributed by atoms with van der Waals surface area (Å²) in [6.45, 7) is 4.46. The summed E-state index contributed by atoms with van der Waals surface area (Å²) in [4.78, 5) is 2.26. The molecule has 0 saturated heterocycles. The van der Waals surface area contributed by atoms with Crippen molar-refractivity contribution in [2.75, 3.05) is 54.6 Å². The molecule has 5 nitrogen and oxygen atoms in total. The topological polar surface area (TPSA) is 43.0 Å². The fourth-order valence-corrected chi connectivity index (χ4v) is 1.94. The molecule has 0 spiro atoms. The van der Waals surface area contributed by atoms with E-state index in [0.29, 0.717) is 0 Å². The molecule has 0 aliphatic heterocycles. The van der Waals surface area contributed by atoms with Crippen LogP contribution in [0.4, 0.5) is 0 Å². The number of methoxy groups -OCH3 is 3. The predicted octanol–water partition coefficient (Wildman–Crippen LogP) is 1.37. The van der Waals surface area contributed by atoms with Gasteiger partial charge in [-0.15, -0.1) is 0 Å². The molecule has 114 valence electrons. The van der Waals surface area contributed by atoms with Crippen LogP contribution in [0.5, 0.6) is 11.5 Å². The first-order chi connectivity index (χ1) is 9.71. The zero-order chi connectivity index (χ0) is 14.8. The molecular formula is C15H26N2O3. The molecule has 0 atom stereocenters. The SMILES string of the molecule is COCCNCCN(C)Cc1ccc(OC)c(OC)c1. The van der Waals surface area contributed by atoms with Crippen molar-refractivity contribution in [1.82, 2.24) is 10.2 Å². The van der Waals surface area contributed by atoms with Crippen LogP contribution in [0.15, 0.2) is 18.2 Å². The fourth-order valence-electron chi connectivity index (χ4n) is 1.94. The number of benzene rings is 1. The lowest BCUT2D eigenvalue weighted by molar-refractivity contribution is 0.197. The average Bonchev–Trinajstić information content (AvgIpc) is 2.46. The number of hydrogen-bond donors (Lipinski definition) is 1. The first-order valence-electron chi connectivity index (χ1n) is 6.80. The number of hydrogen-bond acceptors (Lipinski definition) is 5. The maximum absolute atomic E-state index is 5.31. The first kappa shape index (κ1) is 16.8. The van der Waals surface area contributed by atoms with E-state index < -0.39 is 0 Å². The van der Waals surface area contributed by atoms with Gasteiger partial charge in [0.2, 0.25) is 0 Å². The van der Waals surface area contributed by atoms with Crippen molar-refractivity contribution in [1.29, 1.82) is 0 Å². The van der Waals surface area contributed by atoms with Crippen molar-refractivity contribution in [2.45, 2.75) is 6.54 Å². The number of nitrogens with zero attached hydrogens (tertiary/aromatic N) is 1. The van der Waals surface area contributed by atoms with Gasteiger partial charge < -0.3 is 24.4 Å². The van der Waals surface area contributed by atoms with E-state index >= 15 is 0 Å². The van der Waals surface area contributed by atoms with Crippen molar-refractivity contribution < 1.29 is 14.2 Å². The van der Waals surface area contributed by atoms with Crippen molar-refractivity contribution in [3.63, 3.8) is 0 Å². The van der Waals surface area contributed by atoms with E-state index in [4.69, 9.17) is 14.2 Å². The zero-order valence-corrected chi connectivity index (χ0v) is 12.9. The summed E-state index contributed by atoms with van der Waals surface area (Å²) in [6, 6.07) is 6.03. The quantitative estimate of drug-likeness (QED) is 0.657. The van der Waals surface area contributed by atoms with Crippen molar-refractivity contribution in [3.8, 4) is 11.5 Å². The van der Waals surface area contributed by atoms with Crippen LogP contribution in [0.25, 0.3) is 0 Å². The van der Waals surface area contributed by atoms with Crippen molar-refractivity contribution in [2.24, 2.45) is 0 Å². The molecule has 20 heavy (non-hydrogen) atoms. The molecule has 1 rings (SSSR count). The maximum Gasteiger partial charge on any atom is 0.161 e. The van der Waals surface area contributed by atoms with E-state index in [0.717, 1.165) is 44.3 Å². The van der Waals surface area contributed by atoms with Gasteiger partial charge in [-0.1, -0.05) is 6.07 Å². The molecule has 1 N–H and O–H groups in total. The summed E-state index contributed by atoms with van der Waals surface area (Å²) in [7, 11) is 7.12. The Morgan fingerprint density at radius 2 is 1.80 bits per heavy atom. The highest BCUT2D eigenvalue weighted by Gasteiger charge is 2.06. The zero-order valence-electron chi connectivity index (χ0n) is 12.9. The highest BCUT2D eigenvalue weighted by atomic mass is 16.5. The van der Waals surface area contributed by atoms with Crippen LogP contribution in [0.3, 0.4) is 0 Å². The highest BCUT2D eigenvalue weighted by molar-refractivity contribution is 5.42. The smallest absolute Gasteiger partial charge is 0.161 e. The van der Waals surface area contributed by atoms with E-state index in [1.54, 1.807) is 21.3 Å². The summed E-state index contributed by atoms with van der Waals surface area (Å²) < 4.78 is 15.5. The van der Waals surface area contributed by atoms with E-state index in [-0.39, 0.29) is 0 Å². The standard InChI is InChI=1S/C15H26N2O3/c1-17(9-7-16-8-10-18-2)12-13-5-6-14(19-3)15(11-13)20-4/h5-6,11,16H,7-10,12H2,1-4H3. The van der Waals surface area contributed by atoms with Crippen LogP contribution in [0.1, 0.15) is 5.56 Å². The third-order valence-corrected chi connectivity index (χ3v) is 3.05. The van der Waals surface area contributed by atoms with Crippen molar-refractivity contribution >= 4 is 0 Å². The van der Waals surface area contributed by atoms with Crippen LogP contribution in [0.2, 0.25) is 0 Å². The second kappa shape index (κ2) is 9.58. The number of nitrogens with one attached hydrogen (secondary N) is 1. The summed E-state index contributed by atoms with van der Waals surface area (Å²) in [5.41, 5.74) is 1.21. The van der Waals surface area contributed by atoms with Gasteiger partial charge in [0.1, 0.15) is 0 Å². The maximum atomic E-state index is 5.31. The molecule has 0 fully saturated rings. The average molecular weight is 282 g/mol. The minimum absolute atomic E-state index is 0.749. The van der Waals surface area contributed by atoms with Gasteiger partial charge in [-0.05, 0) is 24.7 Å². The van der Waals surface area contributed by atoms with Gasteiger partial charge in [0.25, 0.3) is 0 Å². The molecule has 1 aromatic carbocycles.